The smallest absolute Gasteiger partial charge is 0.407 e. The Hall–Kier alpha value is -2.14. The van der Waals surface area contributed by atoms with Gasteiger partial charge < -0.3 is 15.4 Å². The zero-order valence-electron chi connectivity index (χ0n) is 17.7. The standard InChI is InChI=1S/C18H31N5O5S/c1-12-16(13(2)22-21-12)29(26,27)23-10-7-14(8-11-23)20-15(24)6-9-19-17(25)28-18(3,4)5/h14H,6-11H2,1-5H3,(H,19,25)(H,20,24)(H,21,22). The predicted molar refractivity (Wildman–Crippen MR) is 107 cm³/mol. The summed E-state index contributed by atoms with van der Waals surface area (Å²) < 4.78 is 32.2. The lowest BCUT2D eigenvalue weighted by Crippen LogP contribution is -2.47. The zero-order valence-corrected chi connectivity index (χ0v) is 18.5. The number of rotatable bonds is 6. The maximum Gasteiger partial charge on any atom is 0.407 e. The average Bonchev–Trinajstić information content (AvgIpc) is 2.93. The normalized spacial score (nSPS) is 16.4. The Labute approximate surface area is 171 Å². The molecule has 2 amide bonds. The molecule has 0 radical (unpaired) electrons. The van der Waals surface area contributed by atoms with E-state index in [9.17, 15) is 18.0 Å². The SMILES string of the molecule is Cc1n[nH]c(C)c1S(=O)(=O)N1CCC(NC(=O)CCNC(=O)OC(C)(C)C)CC1. The Bertz CT molecular complexity index is 816. The lowest BCUT2D eigenvalue weighted by atomic mass is 10.1. The Morgan fingerprint density at radius 1 is 1.24 bits per heavy atom. The van der Waals surface area contributed by atoms with Crippen LogP contribution in [0.1, 0.15) is 51.4 Å². The van der Waals surface area contributed by atoms with E-state index in [0.29, 0.717) is 37.3 Å². The molecule has 0 unspecified atom stereocenters. The van der Waals surface area contributed by atoms with Gasteiger partial charge in [0.25, 0.3) is 0 Å². The van der Waals surface area contributed by atoms with Gasteiger partial charge in [0.05, 0.1) is 11.4 Å². The number of nitrogens with zero attached hydrogens (tertiary/aromatic N) is 2. The zero-order chi connectivity index (χ0) is 21.8. The first-order chi connectivity index (χ1) is 13.4. The number of aryl methyl sites for hydroxylation is 2. The fraction of sp³-hybridized carbons (Fsp3) is 0.722. The quantitative estimate of drug-likeness (QED) is 0.622. The second kappa shape index (κ2) is 9.12. The van der Waals surface area contributed by atoms with Gasteiger partial charge in [-0.2, -0.15) is 9.40 Å². The van der Waals surface area contributed by atoms with Crippen molar-refractivity contribution in [2.75, 3.05) is 19.6 Å². The summed E-state index contributed by atoms with van der Waals surface area (Å²) in [5, 5.41) is 12.1. The molecule has 0 spiro atoms. The van der Waals surface area contributed by atoms with E-state index in [4.69, 9.17) is 4.74 Å². The molecule has 1 aromatic rings. The highest BCUT2D eigenvalue weighted by molar-refractivity contribution is 7.89. The molecule has 0 aromatic carbocycles. The molecule has 1 aromatic heterocycles. The van der Waals surface area contributed by atoms with Crippen LogP contribution in [0.5, 0.6) is 0 Å². The van der Waals surface area contributed by atoms with Gasteiger partial charge in [-0.25, -0.2) is 13.2 Å². The van der Waals surface area contributed by atoms with Crippen LogP contribution in [0.25, 0.3) is 0 Å². The van der Waals surface area contributed by atoms with E-state index in [-0.39, 0.29) is 29.8 Å². The molecule has 0 saturated carbocycles. The van der Waals surface area contributed by atoms with E-state index in [1.165, 1.54) is 4.31 Å². The third kappa shape index (κ3) is 6.43. The summed E-state index contributed by atoms with van der Waals surface area (Å²) in [6.45, 7) is 9.47. The molecule has 0 atom stereocenters. The van der Waals surface area contributed by atoms with Gasteiger partial charge in [0.1, 0.15) is 10.5 Å². The summed E-state index contributed by atoms with van der Waals surface area (Å²) >= 11 is 0. The fourth-order valence-electron chi connectivity index (χ4n) is 3.18. The van der Waals surface area contributed by atoms with Crippen LogP contribution in [0.4, 0.5) is 4.79 Å². The van der Waals surface area contributed by atoms with Crippen molar-refractivity contribution in [3.05, 3.63) is 11.4 Å². The Balaban J connectivity index is 1.77. The molecule has 29 heavy (non-hydrogen) atoms. The van der Waals surface area contributed by atoms with Crippen LogP contribution in [-0.2, 0) is 19.6 Å². The van der Waals surface area contributed by atoms with Crippen LogP contribution < -0.4 is 10.6 Å². The van der Waals surface area contributed by atoms with Gasteiger partial charge in [-0.1, -0.05) is 0 Å². The summed E-state index contributed by atoms with van der Waals surface area (Å²) in [7, 11) is -3.61. The highest BCUT2D eigenvalue weighted by atomic mass is 32.2. The summed E-state index contributed by atoms with van der Waals surface area (Å²) in [5.41, 5.74) is 0.389. The maximum atomic E-state index is 12.8. The van der Waals surface area contributed by atoms with Gasteiger partial charge in [0.15, 0.2) is 0 Å². The van der Waals surface area contributed by atoms with Crippen molar-refractivity contribution in [1.82, 2.24) is 25.1 Å². The highest BCUT2D eigenvalue weighted by Crippen LogP contribution is 2.24. The van der Waals surface area contributed by atoms with Crippen LogP contribution in [-0.4, -0.2) is 66.2 Å². The van der Waals surface area contributed by atoms with E-state index in [2.05, 4.69) is 20.8 Å². The van der Waals surface area contributed by atoms with Crippen LogP contribution in [0, 0.1) is 13.8 Å². The van der Waals surface area contributed by atoms with Gasteiger partial charge >= 0.3 is 6.09 Å². The van der Waals surface area contributed by atoms with Crippen molar-refractivity contribution in [3.63, 3.8) is 0 Å². The monoisotopic (exact) mass is 429 g/mol. The molecule has 1 aliphatic rings. The minimum atomic E-state index is -3.61. The number of alkyl carbamates (subject to hydrolysis) is 1. The lowest BCUT2D eigenvalue weighted by molar-refractivity contribution is -0.121. The summed E-state index contributed by atoms with van der Waals surface area (Å²) in [6.07, 6.45) is 0.625. The molecule has 1 aliphatic heterocycles. The number of nitrogens with one attached hydrogen (secondary N) is 3. The first-order valence-electron chi connectivity index (χ1n) is 9.68. The number of hydrogen-bond donors (Lipinski definition) is 3. The topological polar surface area (TPSA) is 133 Å². The van der Waals surface area contributed by atoms with Crippen molar-refractivity contribution in [1.29, 1.82) is 0 Å². The fourth-order valence-corrected chi connectivity index (χ4v) is 4.98. The third-order valence-electron chi connectivity index (χ3n) is 4.50. The average molecular weight is 430 g/mol. The third-order valence-corrected chi connectivity index (χ3v) is 6.66. The van der Waals surface area contributed by atoms with Crippen LogP contribution in [0.3, 0.4) is 0 Å². The molecule has 3 N–H and O–H groups in total. The molecule has 0 aliphatic carbocycles. The molecular formula is C18H31N5O5S. The van der Waals surface area contributed by atoms with Crippen LogP contribution in [0.2, 0.25) is 0 Å². The predicted octanol–water partition coefficient (Wildman–Crippen LogP) is 1.21. The number of piperidine rings is 1. The number of aromatic amines is 1. The van der Waals surface area contributed by atoms with E-state index >= 15 is 0 Å². The Kier molecular flexibility index (Phi) is 7.28. The number of ether oxygens (including phenoxy) is 1. The summed E-state index contributed by atoms with van der Waals surface area (Å²) in [4.78, 5) is 23.9. The number of sulfonamides is 1. The number of aromatic nitrogens is 2. The molecule has 1 fully saturated rings. The van der Waals surface area contributed by atoms with E-state index < -0.39 is 21.7 Å². The second-order valence-electron chi connectivity index (χ2n) is 8.19. The minimum Gasteiger partial charge on any atom is -0.444 e. The largest absolute Gasteiger partial charge is 0.444 e. The summed E-state index contributed by atoms with van der Waals surface area (Å²) in [5.74, 6) is -0.191. The highest BCUT2D eigenvalue weighted by Gasteiger charge is 2.33. The number of H-pyrrole nitrogens is 1. The van der Waals surface area contributed by atoms with Crippen molar-refractivity contribution >= 4 is 22.0 Å². The van der Waals surface area contributed by atoms with Crippen LogP contribution in [0.15, 0.2) is 4.90 Å². The molecule has 10 nitrogen and oxygen atoms in total. The van der Waals surface area contributed by atoms with Crippen molar-refractivity contribution in [2.45, 2.75) is 70.4 Å². The molecule has 2 rings (SSSR count). The van der Waals surface area contributed by atoms with E-state index in [1.807, 2.05) is 0 Å². The molecule has 2 heterocycles. The van der Waals surface area contributed by atoms with Gasteiger partial charge in [0, 0.05) is 32.1 Å². The van der Waals surface area contributed by atoms with Gasteiger partial charge in [-0.3, -0.25) is 9.89 Å². The van der Waals surface area contributed by atoms with Crippen molar-refractivity contribution < 1.29 is 22.7 Å². The first-order valence-corrected chi connectivity index (χ1v) is 11.1. The van der Waals surface area contributed by atoms with Gasteiger partial charge in [-0.15, -0.1) is 0 Å². The molecule has 11 heteroatoms. The number of carbonyl (C=O) groups excluding carboxylic acids is 2. The first kappa shape index (κ1) is 23.1. The number of hydrogen-bond acceptors (Lipinski definition) is 6. The van der Waals surface area contributed by atoms with Crippen molar-refractivity contribution in [2.24, 2.45) is 0 Å². The number of carbonyl (C=O) groups is 2. The molecular weight excluding hydrogens is 398 g/mol. The number of amides is 2. The Morgan fingerprint density at radius 3 is 2.38 bits per heavy atom. The van der Waals surface area contributed by atoms with Crippen LogP contribution >= 0.6 is 0 Å². The second-order valence-corrected chi connectivity index (χ2v) is 10.1. The van der Waals surface area contributed by atoms with Crippen molar-refractivity contribution in [3.8, 4) is 0 Å². The molecule has 1 saturated heterocycles. The van der Waals surface area contributed by atoms with E-state index in [1.54, 1.807) is 34.6 Å². The maximum absolute atomic E-state index is 12.8. The summed E-state index contributed by atoms with van der Waals surface area (Å²) in [6, 6.07) is -0.0954. The van der Waals surface area contributed by atoms with E-state index in [0.717, 1.165) is 0 Å². The molecule has 164 valence electrons. The van der Waals surface area contributed by atoms with Gasteiger partial charge in [-0.05, 0) is 47.5 Å². The van der Waals surface area contributed by atoms with Gasteiger partial charge in [0.2, 0.25) is 15.9 Å². The lowest BCUT2D eigenvalue weighted by Gasteiger charge is -2.31. The minimum absolute atomic E-state index is 0.0954. The Morgan fingerprint density at radius 2 is 1.86 bits per heavy atom. The molecule has 0 bridgehead atoms.